The fourth-order valence-corrected chi connectivity index (χ4v) is 4.57. The molecule has 0 aliphatic carbocycles. The molecule has 0 radical (unpaired) electrons. The van der Waals surface area contributed by atoms with E-state index in [1.165, 1.54) is 36.8 Å². The summed E-state index contributed by atoms with van der Waals surface area (Å²) in [5.74, 6) is 2.69. The van der Waals surface area contributed by atoms with Gasteiger partial charge in [0.1, 0.15) is 11.6 Å². The third kappa shape index (κ3) is 3.89. The quantitative estimate of drug-likeness (QED) is 0.635. The zero-order valence-corrected chi connectivity index (χ0v) is 18.7. The summed E-state index contributed by atoms with van der Waals surface area (Å²) in [7, 11) is 0. The van der Waals surface area contributed by atoms with Crippen molar-refractivity contribution >= 4 is 34.0 Å². The molecule has 1 atom stereocenters. The lowest BCUT2D eigenvalue weighted by Gasteiger charge is -2.41. The number of anilines is 4. The van der Waals surface area contributed by atoms with Crippen LogP contribution in [0, 0.1) is 0 Å². The number of hydrogen-bond donors (Lipinski definition) is 1. The van der Waals surface area contributed by atoms with E-state index in [1.54, 1.807) is 0 Å². The summed E-state index contributed by atoms with van der Waals surface area (Å²) in [6, 6.07) is 4.58. The molecule has 0 spiro atoms. The van der Waals surface area contributed by atoms with Crippen LogP contribution in [0.1, 0.15) is 58.1 Å². The van der Waals surface area contributed by atoms with E-state index in [1.807, 2.05) is 24.7 Å². The van der Waals surface area contributed by atoms with Crippen molar-refractivity contribution in [2.24, 2.45) is 0 Å². The first kappa shape index (κ1) is 20.0. The first-order valence-corrected chi connectivity index (χ1v) is 11.5. The fourth-order valence-electron chi connectivity index (χ4n) is 4.57. The van der Waals surface area contributed by atoms with Crippen LogP contribution in [-0.4, -0.2) is 45.6 Å². The van der Waals surface area contributed by atoms with Gasteiger partial charge in [-0.3, -0.25) is 4.98 Å². The van der Waals surface area contributed by atoms with Crippen molar-refractivity contribution in [3.8, 4) is 0 Å². The highest BCUT2D eigenvalue weighted by atomic mass is 15.3. The van der Waals surface area contributed by atoms with Gasteiger partial charge in [-0.25, -0.2) is 9.97 Å². The Hall–Kier alpha value is -2.96. The molecule has 3 aromatic heterocycles. The SMILES string of the molecule is CC(C)c1ncc(N2CCC2C)c2cnc(Nc3ccnc(N4CCCCC4)n3)cc12. The second-order valence-electron chi connectivity index (χ2n) is 9.04. The molecule has 2 saturated heterocycles. The first-order valence-electron chi connectivity index (χ1n) is 11.5. The highest BCUT2D eigenvalue weighted by Crippen LogP contribution is 2.36. The lowest BCUT2D eigenvalue weighted by atomic mass is 9.99. The Labute approximate surface area is 183 Å². The molecule has 7 heteroatoms. The average molecular weight is 418 g/mol. The minimum atomic E-state index is 0.338. The van der Waals surface area contributed by atoms with E-state index in [0.717, 1.165) is 48.3 Å². The second-order valence-corrected chi connectivity index (χ2v) is 9.04. The Morgan fingerprint density at radius 2 is 1.81 bits per heavy atom. The van der Waals surface area contributed by atoms with E-state index in [0.29, 0.717) is 12.0 Å². The van der Waals surface area contributed by atoms with Crippen LogP contribution >= 0.6 is 0 Å². The van der Waals surface area contributed by atoms with Gasteiger partial charge in [0.25, 0.3) is 0 Å². The number of aromatic nitrogens is 4. The number of pyridine rings is 2. The minimum Gasteiger partial charge on any atom is -0.367 e. The number of nitrogens with zero attached hydrogens (tertiary/aromatic N) is 6. The number of piperidine rings is 1. The average Bonchev–Trinajstić information content (AvgIpc) is 2.78. The van der Waals surface area contributed by atoms with Gasteiger partial charge >= 0.3 is 0 Å². The summed E-state index contributed by atoms with van der Waals surface area (Å²) in [6.45, 7) is 9.79. The van der Waals surface area contributed by atoms with Crippen molar-refractivity contribution in [2.75, 3.05) is 34.8 Å². The van der Waals surface area contributed by atoms with Crippen molar-refractivity contribution in [1.29, 1.82) is 0 Å². The molecular formula is C24H31N7. The monoisotopic (exact) mass is 417 g/mol. The number of nitrogens with one attached hydrogen (secondary N) is 1. The molecule has 0 saturated carbocycles. The van der Waals surface area contributed by atoms with Gasteiger partial charge < -0.3 is 15.1 Å². The number of fused-ring (bicyclic) bond motifs is 1. The van der Waals surface area contributed by atoms with Gasteiger partial charge in [0, 0.05) is 48.8 Å². The van der Waals surface area contributed by atoms with E-state index < -0.39 is 0 Å². The standard InChI is InChI=1S/C24H31N7/c1-16(2)23-18-13-22(26-14-19(18)20(15-27-23)31-12-8-17(31)3)28-21-7-9-25-24(29-21)30-10-5-4-6-11-30/h7,9,13-17H,4-6,8,10-12H2,1-3H3,(H,25,26,28,29). The fraction of sp³-hybridized carbons (Fsp3) is 0.500. The molecule has 7 nitrogen and oxygen atoms in total. The minimum absolute atomic E-state index is 0.338. The molecular weight excluding hydrogens is 386 g/mol. The predicted octanol–water partition coefficient (Wildman–Crippen LogP) is 4.88. The van der Waals surface area contributed by atoms with Crippen LogP contribution in [0.15, 0.2) is 30.7 Å². The normalized spacial score (nSPS) is 19.0. The van der Waals surface area contributed by atoms with E-state index in [2.05, 4.69) is 46.9 Å². The molecule has 0 amide bonds. The third-order valence-electron chi connectivity index (χ3n) is 6.50. The van der Waals surface area contributed by atoms with Crippen LogP contribution in [0.5, 0.6) is 0 Å². The lowest BCUT2D eigenvalue weighted by Crippen LogP contribution is -2.45. The molecule has 1 unspecified atom stereocenters. The maximum Gasteiger partial charge on any atom is 0.227 e. The van der Waals surface area contributed by atoms with Gasteiger partial charge in [-0.05, 0) is 50.7 Å². The van der Waals surface area contributed by atoms with Crippen LogP contribution in [0.25, 0.3) is 10.8 Å². The second kappa shape index (κ2) is 8.29. The van der Waals surface area contributed by atoms with Crippen molar-refractivity contribution in [1.82, 2.24) is 19.9 Å². The molecule has 1 N–H and O–H groups in total. The van der Waals surface area contributed by atoms with Gasteiger partial charge in [-0.15, -0.1) is 0 Å². The largest absolute Gasteiger partial charge is 0.367 e. The molecule has 3 aromatic rings. The van der Waals surface area contributed by atoms with E-state index >= 15 is 0 Å². The Morgan fingerprint density at radius 1 is 0.968 bits per heavy atom. The maximum absolute atomic E-state index is 4.84. The number of rotatable bonds is 5. The van der Waals surface area contributed by atoms with Crippen LogP contribution in [-0.2, 0) is 0 Å². The zero-order valence-electron chi connectivity index (χ0n) is 18.7. The maximum atomic E-state index is 4.84. The summed E-state index contributed by atoms with van der Waals surface area (Å²) >= 11 is 0. The first-order chi connectivity index (χ1) is 15.1. The molecule has 5 heterocycles. The summed E-state index contributed by atoms with van der Waals surface area (Å²) in [4.78, 5) is 23.5. The summed E-state index contributed by atoms with van der Waals surface area (Å²) in [5.41, 5.74) is 2.29. The highest BCUT2D eigenvalue weighted by Gasteiger charge is 2.26. The molecule has 2 fully saturated rings. The topological polar surface area (TPSA) is 70.1 Å². The zero-order chi connectivity index (χ0) is 21.4. The van der Waals surface area contributed by atoms with Crippen molar-refractivity contribution in [3.05, 3.63) is 36.4 Å². The van der Waals surface area contributed by atoms with Crippen molar-refractivity contribution < 1.29 is 0 Å². The third-order valence-corrected chi connectivity index (χ3v) is 6.50. The van der Waals surface area contributed by atoms with Crippen LogP contribution < -0.4 is 15.1 Å². The van der Waals surface area contributed by atoms with Gasteiger partial charge in [0.15, 0.2) is 0 Å². The predicted molar refractivity (Wildman–Crippen MR) is 126 cm³/mol. The van der Waals surface area contributed by atoms with Gasteiger partial charge in [0.05, 0.1) is 17.6 Å². The van der Waals surface area contributed by atoms with Gasteiger partial charge in [-0.2, -0.15) is 4.98 Å². The van der Waals surface area contributed by atoms with Crippen LogP contribution in [0.3, 0.4) is 0 Å². The molecule has 2 aliphatic heterocycles. The number of hydrogen-bond acceptors (Lipinski definition) is 7. The summed E-state index contributed by atoms with van der Waals surface area (Å²) in [5, 5.41) is 5.73. The van der Waals surface area contributed by atoms with E-state index in [4.69, 9.17) is 15.0 Å². The molecule has 5 rings (SSSR count). The molecule has 0 aromatic carbocycles. The van der Waals surface area contributed by atoms with Crippen LogP contribution in [0.4, 0.5) is 23.3 Å². The molecule has 31 heavy (non-hydrogen) atoms. The Morgan fingerprint density at radius 3 is 2.52 bits per heavy atom. The van der Waals surface area contributed by atoms with Gasteiger partial charge in [0.2, 0.25) is 5.95 Å². The lowest BCUT2D eigenvalue weighted by molar-refractivity contribution is 0.482. The molecule has 162 valence electrons. The molecule has 0 bridgehead atoms. The highest BCUT2D eigenvalue weighted by molar-refractivity contribution is 5.96. The van der Waals surface area contributed by atoms with Crippen molar-refractivity contribution in [3.63, 3.8) is 0 Å². The van der Waals surface area contributed by atoms with Gasteiger partial charge in [-0.1, -0.05) is 13.8 Å². The van der Waals surface area contributed by atoms with E-state index in [-0.39, 0.29) is 0 Å². The van der Waals surface area contributed by atoms with Crippen LogP contribution in [0.2, 0.25) is 0 Å². The smallest absolute Gasteiger partial charge is 0.227 e. The Bertz CT molecular complexity index is 1070. The Kier molecular flexibility index (Phi) is 5.34. The summed E-state index contributed by atoms with van der Waals surface area (Å²) < 4.78 is 0. The Balaban J connectivity index is 1.47. The molecule has 2 aliphatic rings. The van der Waals surface area contributed by atoms with Crippen molar-refractivity contribution in [2.45, 2.75) is 58.4 Å². The van der Waals surface area contributed by atoms with E-state index in [9.17, 15) is 0 Å². The summed E-state index contributed by atoms with van der Waals surface area (Å²) in [6.07, 6.45) is 10.8.